The lowest BCUT2D eigenvalue weighted by Crippen LogP contribution is -2.18. The third kappa shape index (κ3) is 1.88. The summed E-state index contributed by atoms with van der Waals surface area (Å²) in [5.74, 6) is 2.44. The topological polar surface area (TPSA) is 61.5 Å². The molecule has 4 heteroatoms. The predicted octanol–water partition coefficient (Wildman–Crippen LogP) is 3.69. The van der Waals surface area contributed by atoms with Crippen molar-refractivity contribution in [2.75, 3.05) is 7.11 Å². The Kier molecular flexibility index (Phi) is 2.98. The van der Waals surface area contributed by atoms with Crippen molar-refractivity contribution in [2.45, 2.75) is 33.2 Å². The fourth-order valence-electron chi connectivity index (χ4n) is 2.79. The third-order valence-corrected chi connectivity index (χ3v) is 3.49. The van der Waals surface area contributed by atoms with Crippen LogP contribution < -0.4 is 10.5 Å². The van der Waals surface area contributed by atoms with Gasteiger partial charge in [0.15, 0.2) is 11.3 Å². The van der Waals surface area contributed by atoms with Crippen LogP contribution in [0.4, 0.5) is 0 Å². The van der Waals surface area contributed by atoms with Crippen LogP contribution in [-0.4, -0.2) is 13.2 Å². The second-order valence-corrected chi connectivity index (χ2v) is 5.39. The van der Waals surface area contributed by atoms with E-state index in [-0.39, 0.29) is 6.04 Å². The third-order valence-electron chi connectivity index (χ3n) is 3.49. The first kappa shape index (κ1) is 13.1. The van der Waals surface area contributed by atoms with Gasteiger partial charge in [-0.25, -0.2) is 0 Å². The van der Waals surface area contributed by atoms with E-state index in [9.17, 15) is 0 Å². The monoisotopic (exact) mass is 273 g/mol. The molecule has 1 unspecified atom stereocenters. The minimum absolute atomic E-state index is 0.0513. The summed E-state index contributed by atoms with van der Waals surface area (Å²) >= 11 is 0. The van der Waals surface area contributed by atoms with Crippen molar-refractivity contribution in [2.24, 2.45) is 5.73 Å². The number of hydrogen-bond acceptors (Lipinski definition) is 4. The van der Waals surface area contributed by atoms with E-state index in [4.69, 9.17) is 19.3 Å². The van der Waals surface area contributed by atoms with Crippen LogP contribution in [0.3, 0.4) is 0 Å². The lowest BCUT2D eigenvalue weighted by Gasteiger charge is -2.10. The molecule has 0 radical (unpaired) electrons. The fraction of sp³-hybridized carbons (Fsp3) is 0.375. The van der Waals surface area contributed by atoms with Crippen LogP contribution >= 0.6 is 0 Å². The highest BCUT2D eigenvalue weighted by atomic mass is 16.5. The molecule has 0 aliphatic rings. The number of ether oxygens (including phenoxy) is 1. The summed E-state index contributed by atoms with van der Waals surface area (Å²) in [6.45, 7) is 5.86. The molecular formula is C16H19NO3. The summed E-state index contributed by atoms with van der Waals surface area (Å²) in [5.41, 5.74) is 8.70. The number of fused-ring (bicyclic) bond motifs is 2. The Labute approximate surface area is 117 Å². The van der Waals surface area contributed by atoms with Gasteiger partial charge in [0.1, 0.15) is 17.1 Å². The Bertz CT molecular complexity index is 722. The van der Waals surface area contributed by atoms with Crippen molar-refractivity contribution in [3.8, 4) is 5.75 Å². The molecule has 2 heterocycles. The summed E-state index contributed by atoms with van der Waals surface area (Å²) < 4.78 is 17.2. The Balaban J connectivity index is 2.47. The second kappa shape index (κ2) is 4.56. The Morgan fingerprint density at radius 3 is 2.30 bits per heavy atom. The van der Waals surface area contributed by atoms with Gasteiger partial charge in [-0.2, -0.15) is 0 Å². The lowest BCUT2D eigenvalue weighted by molar-refractivity contribution is 0.413. The quantitative estimate of drug-likeness (QED) is 0.790. The van der Waals surface area contributed by atoms with Crippen molar-refractivity contribution < 1.29 is 13.6 Å². The molecule has 0 bridgehead atoms. The molecule has 3 aromatic rings. The number of benzene rings is 1. The maximum Gasteiger partial charge on any atom is 0.177 e. The van der Waals surface area contributed by atoms with E-state index in [2.05, 4.69) is 0 Å². The smallest absolute Gasteiger partial charge is 0.177 e. The highest BCUT2D eigenvalue weighted by Gasteiger charge is 2.21. The number of furan rings is 2. The molecule has 0 saturated heterocycles. The van der Waals surface area contributed by atoms with E-state index in [1.54, 1.807) is 7.11 Å². The molecule has 0 fully saturated rings. The molecule has 2 aromatic heterocycles. The van der Waals surface area contributed by atoms with Crippen LogP contribution in [0, 0.1) is 13.8 Å². The van der Waals surface area contributed by atoms with Gasteiger partial charge >= 0.3 is 0 Å². The van der Waals surface area contributed by atoms with E-state index in [0.717, 1.165) is 51.2 Å². The number of nitrogens with two attached hydrogens (primary N) is 1. The van der Waals surface area contributed by atoms with Crippen LogP contribution in [0.2, 0.25) is 0 Å². The maximum absolute atomic E-state index is 5.99. The molecule has 1 atom stereocenters. The van der Waals surface area contributed by atoms with Crippen molar-refractivity contribution in [3.05, 3.63) is 29.2 Å². The van der Waals surface area contributed by atoms with E-state index in [1.807, 2.05) is 32.9 Å². The molecule has 4 nitrogen and oxygen atoms in total. The minimum atomic E-state index is 0.0513. The first-order chi connectivity index (χ1) is 9.51. The van der Waals surface area contributed by atoms with Gasteiger partial charge < -0.3 is 19.3 Å². The summed E-state index contributed by atoms with van der Waals surface area (Å²) in [4.78, 5) is 0. The molecule has 2 N–H and O–H groups in total. The predicted molar refractivity (Wildman–Crippen MR) is 79.4 cm³/mol. The van der Waals surface area contributed by atoms with Crippen LogP contribution in [0.5, 0.6) is 5.75 Å². The Morgan fingerprint density at radius 1 is 1.10 bits per heavy atom. The summed E-state index contributed by atoms with van der Waals surface area (Å²) in [7, 11) is 1.65. The zero-order valence-electron chi connectivity index (χ0n) is 12.2. The summed E-state index contributed by atoms with van der Waals surface area (Å²) in [6.07, 6.45) is 0.739. The van der Waals surface area contributed by atoms with Gasteiger partial charge in [-0.15, -0.1) is 0 Å². The maximum atomic E-state index is 5.99. The number of methoxy groups -OCH3 is 1. The second-order valence-electron chi connectivity index (χ2n) is 5.39. The van der Waals surface area contributed by atoms with Gasteiger partial charge in [-0.3, -0.25) is 0 Å². The number of hydrogen-bond donors (Lipinski definition) is 1. The average Bonchev–Trinajstić information content (AvgIpc) is 2.91. The highest BCUT2D eigenvalue weighted by Crippen LogP contribution is 2.41. The van der Waals surface area contributed by atoms with E-state index >= 15 is 0 Å². The van der Waals surface area contributed by atoms with Gasteiger partial charge in [-0.1, -0.05) is 0 Å². The van der Waals surface area contributed by atoms with Crippen molar-refractivity contribution in [1.82, 2.24) is 0 Å². The standard InChI is InChI=1S/C16H19NO3/c1-8(17)5-11-12-6-9(2)20-16(12)15(18-4)13-7-10(3)19-14(11)13/h6-8H,5,17H2,1-4H3. The van der Waals surface area contributed by atoms with Gasteiger partial charge in [0.05, 0.1) is 12.5 Å². The highest BCUT2D eigenvalue weighted by molar-refractivity contribution is 6.04. The molecule has 20 heavy (non-hydrogen) atoms. The molecule has 0 amide bonds. The van der Waals surface area contributed by atoms with E-state index in [1.165, 1.54) is 0 Å². The molecule has 0 aliphatic heterocycles. The summed E-state index contributed by atoms with van der Waals surface area (Å²) in [6, 6.07) is 4.05. The molecule has 3 rings (SSSR count). The lowest BCUT2D eigenvalue weighted by atomic mass is 10.00. The van der Waals surface area contributed by atoms with Crippen LogP contribution in [0.1, 0.15) is 24.0 Å². The first-order valence-electron chi connectivity index (χ1n) is 6.76. The number of aryl methyl sites for hydroxylation is 2. The van der Waals surface area contributed by atoms with Gasteiger partial charge in [0, 0.05) is 17.0 Å². The van der Waals surface area contributed by atoms with Gasteiger partial charge in [0.2, 0.25) is 0 Å². The van der Waals surface area contributed by atoms with Crippen molar-refractivity contribution >= 4 is 21.9 Å². The summed E-state index contributed by atoms with van der Waals surface area (Å²) in [5, 5.41) is 1.97. The van der Waals surface area contributed by atoms with Crippen LogP contribution in [0.15, 0.2) is 21.0 Å². The normalized spacial score (nSPS) is 13.2. The van der Waals surface area contributed by atoms with Crippen molar-refractivity contribution in [3.63, 3.8) is 0 Å². The van der Waals surface area contributed by atoms with Crippen LogP contribution in [0.25, 0.3) is 21.9 Å². The zero-order chi connectivity index (χ0) is 14.4. The molecular weight excluding hydrogens is 254 g/mol. The Morgan fingerprint density at radius 2 is 1.70 bits per heavy atom. The van der Waals surface area contributed by atoms with Gasteiger partial charge in [-0.05, 0) is 39.3 Å². The SMILES string of the molecule is COc1c2cc(C)oc2c(CC(C)N)c2cc(C)oc12. The average molecular weight is 273 g/mol. The largest absolute Gasteiger partial charge is 0.492 e. The molecule has 0 spiro atoms. The van der Waals surface area contributed by atoms with E-state index in [0.29, 0.717) is 0 Å². The Hall–Kier alpha value is -1.94. The van der Waals surface area contributed by atoms with Gasteiger partial charge in [0.25, 0.3) is 0 Å². The number of rotatable bonds is 3. The fourth-order valence-corrected chi connectivity index (χ4v) is 2.79. The van der Waals surface area contributed by atoms with E-state index < -0.39 is 0 Å². The molecule has 0 aliphatic carbocycles. The molecule has 0 saturated carbocycles. The van der Waals surface area contributed by atoms with Crippen LogP contribution in [-0.2, 0) is 6.42 Å². The zero-order valence-corrected chi connectivity index (χ0v) is 12.2. The molecule has 1 aromatic carbocycles. The molecule has 106 valence electrons. The first-order valence-corrected chi connectivity index (χ1v) is 6.76. The van der Waals surface area contributed by atoms with Crippen molar-refractivity contribution in [1.29, 1.82) is 0 Å². The minimum Gasteiger partial charge on any atom is -0.492 e.